The lowest BCUT2D eigenvalue weighted by Crippen LogP contribution is -2.82. The van der Waals surface area contributed by atoms with Gasteiger partial charge < -0.3 is 63.4 Å². The smallest absolute Gasteiger partial charge is 0.341 e. The molecule has 82 heavy (non-hydrogen) atoms. The Labute approximate surface area is 474 Å². The van der Waals surface area contributed by atoms with Gasteiger partial charge in [0.25, 0.3) is 0 Å². The second-order valence-electron chi connectivity index (χ2n) is 24.9. The van der Waals surface area contributed by atoms with Gasteiger partial charge in [0, 0.05) is 79.2 Å². The van der Waals surface area contributed by atoms with Crippen molar-refractivity contribution in [2.24, 2.45) is 17.8 Å². The van der Waals surface area contributed by atoms with E-state index in [0.29, 0.717) is 35.2 Å². The van der Waals surface area contributed by atoms with Crippen LogP contribution in [-0.2, 0) is 30.2 Å². The Morgan fingerprint density at radius 1 is 0.902 bits per heavy atom. The number of carbonyl (C=O) groups is 4. The molecule has 0 radical (unpaired) electrons. The molecule has 7 fully saturated rings. The molecule has 1 aromatic heterocycles. The Morgan fingerprint density at radius 2 is 1.61 bits per heavy atom. The van der Waals surface area contributed by atoms with Gasteiger partial charge >= 0.3 is 11.9 Å². The SMILES string of the molecule is COC(=O)/C(C)=C\CC12OC(C)(C)C3CC(C1=O)C(N1CCN(c4cc5c(cc4F)c(=O)c(C(=O)O)cn5C4CC4)CC1)C1C(=O)c4c(O[C@@H]5O[C@H](CO)[C@@H](O)[C@H](O)[C@H]5O)c5c(c(CC=C(C)C)c4OC132)OC(C)(CCC=C(C)C)C=C5. The molecular weight excluding hydrogens is 1060 g/mol. The highest BCUT2D eigenvalue weighted by Crippen LogP contribution is 2.71. The zero-order valence-corrected chi connectivity index (χ0v) is 47.8. The number of ether oxygens (including phenoxy) is 6. The summed E-state index contributed by atoms with van der Waals surface area (Å²) in [7, 11) is 1.26. The van der Waals surface area contributed by atoms with E-state index >= 15 is 14.0 Å². The first-order valence-corrected chi connectivity index (χ1v) is 28.5. The van der Waals surface area contributed by atoms with Gasteiger partial charge in [0.2, 0.25) is 11.7 Å². The van der Waals surface area contributed by atoms with Crippen LogP contribution in [-0.4, -0.2) is 158 Å². The molecule has 5 N–H and O–H groups in total. The maximum Gasteiger partial charge on any atom is 0.341 e. The van der Waals surface area contributed by atoms with E-state index in [-0.39, 0.29) is 91.0 Å². The van der Waals surface area contributed by atoms with E-state index in [1.165, 1.54) is 13.3 Å². The number of ketones is 2. The maximum absolute atomic E-state index is 17.0. The third-order valence-electron chi connectivity index (χ3n) is 18.6. The lowest BCUT2D eigenvalue weighted by molar-refractivity contribution is -0.277. The van der Waals surface area contributed by atoms with Gasteiger partial charge in [-0.25, -0.2) is 14.0 Å². The van der Waals surface area contributed by atoms with Gasteiger partial charge in [-0.2, -0.15) is 0 Å². The average Bonchev–Trinajstić information content (AvgIpc) is 1.61. The van der Waals surface area contributed by atoms with Crippen LogP contribution < -0.4 is 24.5 Å². The predicted molar refractivity (Wildman–Crippen MR) is 298 cm³/mol. The molecule has 20 heteroatoms. The number of allylic oxidation sites excluding steroid dienone is 4. The number of halogens is 1. The van der Waals surface area contributed by atoms with Crippen molar-refractivity contribution in [1.29, 1.82) is 0 Å². The fourth-order valence-electron chi connectivity index (χ4n) is 14.4. The van der Waals surface area contributed by atoms with E-state index in [2.05, 4.69) is 11.0 Å². The number of hydrogen-bond donors (Lipinski definition) is 5. The molecule has 4 aliphatic carbocycles. The van der Waals surface area contributed by atoms with E-state index < -0.39 is 118 Å². The van der Waals surface area contributed by atoms with Gasteiger partial charge in [-0.05, 0) is 118 Å². The standard InChI is InChI=1S/C62H74FN3O16/c1-30(2)11-10-18-60(8)19-17-35-52(80-60)34(15-12-31(3)4)54-44(53(35)79-58-51(72)50(71)48(69)42(29-67)78-58)49(70)45-46(37-26-43-59(6,7)82-61(55(37)73,62(43,45)81-54)20-16-32(5)57(76)77-9)65-23-21-64(22-24-65)41-27-40-36(25-39(41)63)47(68)38(56(74)75)28-66(40)33-13-14-33/h11-12,16-17,19,25,27-28,33,37,42-43,45-46,48,50-51,58,67,69,71-72H,10,13-15,18,20-24,26,29H2,1-9H3,(H,74,75)/b32-16-/t37?,42-,43?,45?,46?,48-,50+,51-,58+,60?,61?,62?/m1/s1. The minimum Gasteiger partial charge on any atom is -0.482 e. The average molecular weight is 1140 g/mol. The van der Waals surface area contributed by atoms with E-state index in [4.69, 9.17) is 28.4 Å². The van der Waals surface area contributed by atoms with Crippen LogP contribution in [0.2, 0.25) is 0 Å². The first-order valence-electron chi connectivity index (χ1n) is 28.5. The number of carboxylic acids is 1. The van der Waals surface area contributed by atoms with Gasteiger partial charge in [0.05, 0.1) is 42.0 Å². The van der Waals surface area contributed by atoms with Crippen LogP contribution in [0.4, 0.5) is 10.1 Å². The summed E-state index contributed by atoms with van der Waals surface area (Å²) in [6, 6.07) is 1.80. The zero-order chi connectivity index (χ0) is 58.9. The third kappa shape index (κ3) is 9.04. The van der Waals surface area contributed by atoms with E-state index in [9.17, 15) is 39.9 Å². The number of aromatic nitrogens is 1. The summed E-state index contributed by atoms with van der Waals surface area (Å²) in [6.45, 7) is 15.3. The van der Waals surface area contributed by atoms with Crippen molar-refractivity contribution >= 4 is 46.2 Å². The number of aliphatic hydroxyl groups excluding tert-OH is 4. The Kier molecular flexibility index (Phi) is 14.6. The summed E-state index contributed by atoms with van der Waals surface area (Å²) >= 11 is 0. The number of pyridine rings is 1. The van der Waals surface area contributed by atoms with Crippen LogP contribution in [0.5, 0.6) is 17.2 Å². The number of aromatic carboxylic acids is 1. The molecule has 9 aliphatic rings. The number of benzene rings is 2. The fourth-order valence-corrected chi connectivity index (χ4v) is 14.4. The van der Waals surface area contributed by atoms with Crippen LogP contribution in [0.1, 0.15) is 132 Å². The summed E-state index contributed by atoms with van der Waals surface area (Å²) < 4.78 is 58.3. The van der Waals surface area contributed by atoms with Crippen molar-refractivity contribution in [3.8, 4) is 17.2 Å². The Balaban J connectivity index is 1.09. The molecule has 19 nitrogen and oxygen atoms in total. The summed E-state index contributed by atoms with van der Waals surface area (Å²) in [5.74, 6) is -5.97. The number of carboxylic acid groups (broad SMARTS) is 1. The number of hydrogen-bond acceptors (Lipinski definition) is 17. The van der Waals surface area contributed by atoms with Crippen molar-refractivity contribution in [3.05, 3.63) is 97.6 Å². The van der Waals surface area contributed by atoms with Crippen LogP contribution in [0.3, 0.4) is 0 Å². The van der Waals surface area contributed by atoms with Gasteiger partial charge in [-0.3, -0.25) is 19.3 Å². The first kappa shape index (κ1) is 57.6. The van der Waals surface area contributed by atoms with Crippen LogP contribution in [0, 0.1) is 23.6 Å². The molecule has 12 atom stereocenters. The molecule has 12 rings (SSSR count). The topological polar surface area (TPSA) is 253 Å². The Morgan fingerprint density at radius 3 is 2.26 bits per heavy atom. The van der Waals surface area contributed by atoms with E-state index in [1.54, 1.807) is 29.7 Å². The number of methoxy groups -OCH3 is 1. The van der Waals surface area contributed by atoms with Gasteiger partial charge in [-0.1, -0.05) is 29.4 Å². The second kappa shape index (κ2) is 20.8. The molecule has 1 spiro atoms. The normalized spacial score (nSPS) is 32.5. The monoisotopic (exact) mass is 1140 g/mol. The van der Waals surface area contributed by atoms with Crippen molar-refractivity contribution in [3.63, 3.8) is 0 Å². The third-order valence-corrected chi connectivity index (χ3v) is 18.6. The largest absolute Gasteiger partial charge is 0.482 e. The van der Waals surface area contributed by atoms with Crippen LogP contribution >= 0.6 is 0 Å². The molecule has 7 unspecified atom stereocenters. The molecule has 3 saturated heterocycles. The Hall–Kier alpha value is -6.26. The number of carbonyl (C=O) groups excluding carboxylic acids is 3. The fraction of sp³-hybridized carbons (Fsp3) is 0.565. The number of rotatable bonds is 15. The number of fused-ring (bicyclic) bond motifs is 3. The number of piperazine rings is 1. The first-order chi connectivity index (χ1) is 38.8. The maximum atomic E-state index is 17.0. The van der Waals surface area contributed by atoms with Crippen molar-refractivity contribution in [2.45, 2.75) is 166 Å². The molecule has 5 aliphatic heterocycles. The molecule has 6 heterocycles. The summed E-state index contributed by atoms with van der Waals surface area (Å²) in [4.78, 5) is 75.7. The van der Waals surface area contributed by atoms with Gasteiger partial charge in [-0.15, -0.1) is 0 Å². The lowest BCUT2D eigenvalue weighted by atomic mass is 9.44. The number of anilines is 1. The summed E-state index contributed by atoms with van der Waals surface area (Å²) in [5.41, 5.74) is -3.28. The molecule has 4 saturated carbocycles. The highest BCUT2D eigenvalue weighted by atomic mass is 19.1. The van der Waals surface area contributed by atoms with Crippen molar-refractivity contribution in [1.82, 2.24) is 9.47 Å². The molecule has 440 valence electrons. The van der Waals surface area contributed by atoms with Gasteiger partial charge in [0.15, 0.2) is 22.8 Å². The molecule has 4 bridgehead atoms. The van der Waals surface area contributed by atoms with Crippen LogP contribution in [0.25, 0.3) is 17.0 Å². The summed E-state index contributed by atoms with van der Waals surface area (Å²) in [6.07, 6.45) is 5.11. The highest BCUT2D eigenvalue weighted by molar-refractivity contribution is 6.11. The van der Waals surface area contributed by atoms with E-state index in [0.717, 1.165) is 30.1 Å². The van der Waals surface area contributed by atoms with Gasteiger partial charge in [0.1, 0.15) is 64.2 Å². The molecule has 3 aromatic rings. The second-order valence-corrected chi connectivity index (χ2v) is 24.9. The highest BCUT2D eigenvalue weighted by Gasteiger charge is 2.86. The molecular formula is C62H74FN3O16. The predicted octanol–water partition coefficient (Wildman–Crippen LogP) is 6.17. The lowest BCUT2D eigenvalue weighted by Gasteiger charge is -2.65. The van der Waals surface area contributed by atoms with Crippen LogP contribution in [0.15, 0.2) is 64.1 Å². The number of nitrogens with zero attached hydrogens (tertiary/aromatic N) is 3. The number of esters is 1. The van der Waals surface area contributed by atoms with E-state index in [1.807, 2.05) is 65.5 Å². The van der Waals surface area contributed by atoms with Crippen molar-refractivity contribution < 1.29 is 77.5 Å². The quantitative estimate of drug-likeness (QED) is 0.0648. The Bertz CT molecular complexity index is 3360. The molecule has 0 amide bonds. The van der Waals surface area contributed by atoms with Crippen molar-refractivity contribution in [2.75, 3.05) is 44.8 Å². The number of Topliss-reactive ketones (excluding diaryl/α,β-unsaturated/α-hetero) is 2. The zero-order valence-electron chi connectivity index (χ0n) is 47.8. The minimum absolute atomic E-state index is 0.0362. The number of aliphatic hydroxyl groups is 4. The minimum atomic E-state index is -1.88. The molecule has 2 aromatic carbocycles. The summed E-state index contributed by atoms with van der Waals surface area (Å²) in [5, 5.41) is 53.8.